The molecule has 0 fully saturated rings. The molecule has 0 heterocycles. The molecule has 3 nitrogen and oxygen atoms in total. The van der Waals surface area contributed by atoms with Crippen LogP contribution in [0.2, 0.25) is 0 Å². The summed E-state index contributed by atoms with van der Waals surface area (Å²) >= 11 is 0. The lowest BCUT2D eigenvalue weighted by molar-refractivity contribution is 0.393. The van der Waals surface area contributed by atoms with Crippen LogP contribution in [0.4, 0.5) is 0 Å². The van der Waals surface area contributed by atoms with Gasteiger partial charge < -0.3 is 14.8 Å². The van der Waals surface area contributed by atoms with Crippen molar-refractivity contribution in [2.24, 2.45) is 0 Å². The molecule has 0 aliphatic carbocycles. The highest BCUT2D eigenvalue weighted by Gasteiger charge is 2.01. The normalized spacial score (nSPS) is 9.88. The average molecular weight is 221 g/mol. The standard InChI is InChI=1S/C13H19NO2/c1-4-5-6-14-10-11-7-12(15-2)9-13(8-11)16-3/h4,7-9,14H,1,5-6,10H2,2-3H3. The number of benzene rings is 1. The molecule has 1 N–H and O–H groups in total. The molecular formula is C13H19NO2. The molecule has 88 valence electrons. The van der Waals surface area contributed by atoms with Gasteiger partial charge in [0, 0.05) is 12.6 Å². The molecule has 0 aromatic heterocycles. The number of hydrogen-bond donors (Lipinski definition) is 1. The number of ether oxygens (including phenoxy) is 2. The van der Waals surface area contributed by atoms with Crippen molar-refractivity contribution in [1.29, 1.82) is 0 Å². The largest absolute Gasteiger partial charge is 0.497 e. The number of methoxy groups -OCH3 is 2. The highest BCUT2D eigenvalue weighted by atomic mass is 16.5. The Hall–Kier alpha value is -1.48. The maximum atomic E-state index is 5.20. The van der Waals surface area contributed by atoms with Crippen molar-refractivity contribution in [3.8, 4) is 11.5 Å². The fourth-order valence-corrected chi connectivity index (χ4v) is 1.41. The highest BCUT2D eigenvalue weighted by Crippen LogP contribution is 2.22. The molecule has 0 aliphatic heterocycles. The smallest absolute Gasteiger partial charge is 0.122 e. The first-order valence-electron chi connectivity index (χ1n) is 5.33. The minimum atomic E-state index is 0.807. The van der Waals surface area contributed by atoms with E-state index in [4.69, 9.17) is 9.47 Å². The van der Waals surface area contributed by atoms with Crippen LogP contribution in [-0.4, -0.2) is 20.8 Å². The molecule has 0 aliphatic rings. The zero-order valence-corrected chi connectivity index (χ0v) is 9.95. The summed E-state index contributed by atoms with van der Waals surface area (Å²) in [5.74, 6) is 1.64. The molecule has 0 saturated carbocycles. The summed E-state index contributed by atoms with van der Waals surface area (Å²) in [5, 5.41) is 3.32. The van der Waals surface area contributed by atoms with Crippen molar-refractivity contribution in [2.75, 3.05) is 20.8 Å². The zero-order chi connectivity index (χ0) is 11.8. The SMILES string of the molecule is C=CCCNCc1cc(OC)cc(OC)c1. The Bertz CT molecular complexity index is 314. The predicted octanol–water partition coefficient (Wildman–Crippen LogP) is 2.37. The molecule has 0 radical (unpaired) electrons. The third kappa shape index (κ3) is 3.95. The Morgan fingerprint density at radius 3 is 2.31 bits per heavy atom. The van der Waals surface area contributed by atoms with Gasteiger partial charge in [0.15, 0.2) is 0 Å². The highest BCUT2D eigenvalue weighted by molar-refractivity contribution is 5.38. The van der Waals surface area contributed by atoms with Gasteiger partial charge in [-0.25, -0.2) is 0 Å². The summed E-state index contributed by atoms with van der Waals surface area (Å²) < 4.78 is 10.4. The van der Waals surface area contributed by atoms with Crippen LogP contribution in [0.15, 0.2) is 30.9 Å². The van der Waals surface area contributed by atoms with Gasteiger partial charge in [-0.05, 0) is 30.7 Å². The summed E-state index contributed by atoms with van der Waals surface area (Å²) in [4.78, 5) is 0. The van der Waals surface area contributed by atoms with E-state index in [0.717, 1.165) is 36.6 Å². The van der Waals surface area contributed by atoms with Crippen molar-refractivity contribution < 1.29 is 9.47 Å². The first-order chi connectivity index (χ1) is 7.80. The van der Waals surface area contributed by atoms with E-state index in [0.29, 0.717) is 0 Å². The molecule has 0 amide bonds. The fraction of sp³-hybridized carbons (Fsp3) is 0.385. The first kappa shape index (κ1) is 12.6. The van der Waals surface area contributed by atoms with Crippen molar-refractivity contribution in [2.45, 2.75) is 13.0 Å². The first-order valence-corrected chi connectivity index (χ1v) is 5.33. The Labute approximate surface area is 97.1 Å². The van der Waals surface area contributed by atoms with Crippen molar-refractivity contribution in [3.63, 3.8) is 0 Å². The van der Waals surface area contributed by atoms with Crippen LogP contribution in [0.1, 0.15) is 12.0 Å². The maximum Gasteiger partial charge on any atom is 0.122 e. The fourth-order valence-electron chi connectivity index (χ4n) is 1.41. The van der Waals surface area contributed by atoms with Gasteiger partial charge in [0.1, 0.15) is 11.5 Å². The monoisotopic (exact) mass is 221 g/mol. The van der Waals surface area contributed by atoms with E-state index in [1.54, 1.807) is 14.2 Å². The van der Waals surface area contributed by atoms with Crippen LogP contribution in [0.25, 0.3) is 0 Å². The Kier molecular flexibility index (Phi) is 5.43. The molecule has 0 bridgehead atoms. The molecular weight excluding hydrogens is 202 g/mol. The Morgan fingerprint density at radius 1 is 1.19 bits per heavy atom. The molecule has 1 aromatic rings. The van der Waals surface area contributed by atoms with Crippen molar-refractivity contribution in [1.82, 2.24) is 5.32 Å². The van der Waals surface area contributed by atoms with E-state index in [2.05, 4.69) is 11.9 Å². The van der Waals surface area contributed by atoms with E-state index in [-0.39, 0.29) is 0 Å². The topological polar surface area (TPSA) is 30.5 Å². The summed E-state index contributed by atoms with van der Waals surface area (Å²) in [5.41, 5.74) is 1.15. The average Bonchev–Trinajstić information content (AvgIpc) is 2.34. The summed E-state index contributed by atoms with van der Waals surface area (Å²) in [6.07, 6.45) is 2.88. The molecule has 0 saturated heterocycles. The van der Waals surface area contributed by atoms with Gasteiger partial charge in [0.25, 0.3) is 0 Å². The Morgan fingerprint density at radius 2 is 1.81 bits per heavy atom. The van der Waals surface area contributed by atoms with Crippen LogP contribution >= 0.6 is 0 Å². The summed E-state index contributed by atoms with van der Waals surface area (Å²) in [6, 6.07) is 5.88. The van der Waals surface area contributed by atoms with Gasteiger partial charge in [0.2, 0.25) is 0 Å². The van der Waals surface area contributed by atoms with Gasteiger partial charge in [-0.3, -0.25) is 0 Å². The molecule has 0 spiro atoms. The lowest BCUT2D eigenvalue weighted by Gasteiger charge is -2.09. The van der Waals surface area contributed by atoms with Gasteiger partial charge in [-0.15, -0.1) is 6.58 Å². The second-order valence-corrected chi connectivity index (χ2v) is 3.48. The van der Waals surface area contributed by atoms with Crippen LogP contribution in [0.3, 0.4) is 0 Å². The second-order valence-electron chi connectivity index (χ2n) is 3.48. The number of nitrogens with one attached hydrogen (secondary N) is 1. The van der Waals surface area contributed by atoms with Gasteiger partial charge in [-0.1, -0.05) is 6.08 Å². The lowest BCUT2D eigenvalue weighted by Crippen LogP contribution is -2.14. The van der Waals surface area contributed by atoms with Crippen LogP contribution in [-0.2, 0) is 6.54 Å². The quantitative estimate of drug-likeness (QED) is 0.566. The molecule has 0 unspecified atom stereocenters. The van der Waals surface area contributed by atoms with E-state index in [1.807, 2.05) is 24.3 Å². The second kappa shape index (κ2) is 6.90. The minimum absolute atomic E-state index is 0.807. The minimum Gasteiger partial charge on any atom is -0.497 e. The van der Waals surface area contributed by atoms with Gasteiger partial charge >= 0.3 is 0 Å². The van der Waals surface area contributed by atoms with Crippen LogP contribution in [0, 0.1) is 0 Å². The molecule has 3 heteroatoms. The molecule has 1 aromatic carbocycles. The van der Waals surface area contributed by atoms with E-state index < -0.39 is 0 Å². The maximum absolute atomic E-state index is 5.20. The third-order valence-corrected chi connectivity index (χ3v) is 2.27. The number of hydrogen-bond acceptors (Lipinski definition) is 3. The van der Waals surface area contributed by atoms with Crippen molar-refractivity contribution >= 4 is 0 Å². The van der Waals surface area contributed by atoms with E-state index in [9.17, 15) is 0 Å². The lowest BCUT2D eigenvalue weighted by atomic mass is 10.2. The summed E-state index contributed by atoms with van der Waals surface area (Å²) in [7, 11) is 3.31. The van der Waals surface area contributed by atoms with Crippen molar-refractivity contribution in [3.05, 3.63) is 36.4 Å². The molecule has 16 heavy (non-hydrogen) atoms. The van der Waals surface area contributed by atoms with Gasteiger partial charge in [0.05, 0.1) is 14.2 Å². The molecule has 1 rings (SSSR count). The van der Waals surface area contributed by atoms with Gasteiger partial charge in [-0.2, -0.15) is 0 Å². The summed E-state index contributed by atoms with van der Waals surface area (Å²) in [6.45, 7) is 5.42. The zero-order valence-electron chi connectivity index (χ0n) is 9.95. The van der Waals surface area contributed by atoms with E-state index >= 15 is 0 Å². The number of rotatable bonds is 7. The van der Waals surface area contributed by atoms with Crippen LogP contribution < -0.4 is 14.8 Å². The Balaban J connectivity index is 2.60. The third-order valence-electron chi connectivity index (χ3n) is 2.27. The van der Waals surface area contributed by atoms with E-state index in [1.165, 1.54) is 0 Å². The van der Waals surface area contributed by atoms with Crippen LogP contribution in [0.5, 0.6) is 11.5 Å². The molecule has 0 atom stereocenters. The predicted molar refractivity (Wildman–Crippen MR) is 66.1 cm³/mol.